The van der Waals surface area contributed by atoms with Crippen LogP contribution in [0.5, 0.6) is 5.75 Å². The van der Waals surface area contributed by atoms with Crippen molar-refractivity contribution in [3.05, 3.63) is 65.0 Å². The molecule has 0 saturated heterocycles. The summed E-state index contributed by atoms with van der Waals surface area (Å²) in [7, 11) is 0. The van der Waals surface area contributed by atoms with Crippen molar-refractivity contribution in [2.24, 2.45) is 0 Å². The minimum Gasteiger partial charge on any atom is -0.489 e. The Morgan fingerprint density at radius 3 is 2.45 bits per heavy atom. The third-order valence-electron chi connectivity index (χ3n) is 5.55. The van der Waals surface area contributed by atoms with E-state index >= 15 is 0 Å². The van der Waals surface area contributed by atoms with Gasteiger partial charge < -0.3 is 20.1 Å². The molecule has 29 heavy (non-hydrogen) atoms. The van der Waals surface area contributed by atoms with Crippen LogP contribution in [-0.2, 0) is 19.8 Å². The number of ether oxygens (including phenoxy) is 1. The third-order valence-corrected chi connectivity index (χ3v) is 5.55. The van der Waals surface area contributed by atoms with Crippen LogP contribution < -0.4 is 4.74 Å². The van der Waals surface area contributed by atoms with Crippen LogP contribution in [0, 0.1) is 0 Å². The molecule has 1 aromatic carbocycles. The Morgan fingerprint density at radius 1 is 1.07 bits per heavy atom. The van der Waals surface area contributed by atoms with E-state index in [2.05, 4.69) is 24.1 Å². The van der Waals surface area contributed by atoms with Crippen LogP contribution in [0.15, 0.2) is 42.7 Å². The summed E-state index contributed by atoms with van der Waals surface area (Å²) in [5, 5.41) is 29.1. The maximum absolute atomic E-state index is 10.4. The summed E-state index contributed by atoms with van der Waals surface area (Å²) in [5.74, 6) is 0.641. The van der Waals surface area contributed by atoms with E-state index in [-0.39, 0.29) is 13.2 Å². The highest BCUT2D eigenvalue weighted by Crippen LogP contribution is 2.24. The number of aromatic nitrogens is 1. The highest BCUT2D eigenvalue weighted by molar-refractivity contribution is 5.63. The molecule has 2 aromatic rings. The Hall–Kier alpha value is -2.21. The zero-order valence-electron chi connectivity index (χ0n) is 17.7. The lowest BCUT2D eigenvalue weighted by Crippen LogP contribution is -2.25. The number of nitrogens with zero attached hydrogens (tertiary/aromatic N) is 1. The van der Waals surface area contributed by atoms with E-state index in [1.54, 1.807) is 24.4 Å². The Labute approximate surface area is 173 Å². The van der Waals surface area contributed by atoms with Crippen molar-refractivity contribution in [3.63, 3.8) is 0 Å². The molecule has 0 atom stereocenters. The molecule has 158 valence electrons. The Balaban J connectivity index is 2.01. The Kier molecular flexibility index (Phi) is 8.83. The van der Waals surface area contributed by atoms with Gasteiger partial charge in [-0.25, -0.2) is 0 Å². The van der Waals surface area contributed by atoms with E-state index < -0.39 is 5.60 Å². The minimum absolute atomic E-state index is 0.109. The van der Waals surface area contributed by atoms with Gasteiger partial charge in [-0.1, -0.05) is 26.0 Å². The number of aliphatic hydroxyl groups excluding tert-OH is 2. The van der Waals surface area contributed by atoms with Gasteiger partial charge >= 0.3 is 0 Å². The molecule has 0 aliphatic rings. The summed E-state index contributed by atoms with van der Waals surface area (Å²) in [6.45, 7) is 6.21. The molecule has 0 unspecified atom stereocenters. The second kappa shape index (κ2) is 11.1. The van der Waals surface area contributed by atoms with Gasteiger partial charge in [0.2, 0.25) is 0 Å². The fraction of sp³-hybridized carbons (Fsp3) is 0.458. The summed E-state index contributed by atoms with van der Waals surface area (Å²) in [6.07, 6.45) is 8.87. The average molecular weight is 400 g/mol. The first-order chi connectivity index (χ1) is 13.9. The average Bonchev–Trinajstić information content (AvgIpc) is 2.77. The summed E-state index contributed by atoms with van der Waals surface area (Å²) in [6, 6.07) is 7.35. The van der Waals surface area contributed by atoms with Crippen LogP contribution in [0.25, 0.3) is 5.57 Å². The predicted octanol–water partition coefficient (Wildman–Crippen LogP) is 4.38. The lowest BCUT2D eigenvalue weighted by atomic mass is 9.91. The topological polar surface area (TPSA) is 82.8 Å². The van der Waals surface area contributed by atoms with Gasteiger partial charge in [0.05, 0.1) is 18.8 Å². The van der Waals surface area contributed by atoms with E-state index in [0.717, 1.165) is 42.4 Å². The van der Waals surface area contributed by atoms with Crippen molar-refractivity contribution < 1.29 is 20.1 Å². The molecule has 5 heteroatoms. The zero-order chi connectivity index (χ0) is 21.3. The van der Waals surface area contributed by atoms with E-state index in [0.29, 0.717) is 23.5 Å². The van der Waals surface area contributed by atoms with Crippen LogP contribution in [0.2, 0.25) is 0 Å². The van der Waals surface area contributed by atoms with Gasteiger partial charge in [-0.05, 0) is 73.1 Å². The lowest BCUT2D eigenvalue weighted by molar-refractivity contribution is 0.0246. The number of benzene rings is 1. The van der Waals surface area contributed by atoms with Crippen LogP contribution in [-0.4, -0.2) is 25.9 Å². The molecule has 0 aliphatic heterocycles. The van der Waals surface area contributed by atoms with E-state index in [9.17, 15) is 15.3 Å². The van der Waals surface area contributed by atoms with Gasteiger partial charge in [0.1, 0.15) is 12.4 Å². The molecule has 2 rings (SSSR count). The van der Waals surface area contributed by atoms with Crippen molar-refractivity contribution in [3.8, 4) is 5.75 Å². The van der Waals surface area contributed by atoms with Gasteiger partial charge in [-0.15, -0.1) is 0 Å². The molecular weight excluding hydrogens is 366 g/mol. The second-order valence-corrected chi connectivity index (χ2v) is 7.47. The first kappa shape index (κ1) is 23.1. The van der Waals surface area contributed by atoms with E-state index in [4.69, 9.17) is 4.74 Å². The van der Waals surface area contributed by atoms with E-state index in [1.807, 2.05) is 20.0 Å². The summed E-state index contributed by atoms with van der Waals surface area (Å²) >= 11 is 0. The summed E-state index contributed by atoms with van der Waals surface area (Å²) in [5.41, 5.74) is 3.89. The lowest BCUT2D eigenvalue weighted by Gasteiger charge is -2.24. The maximum Gasteiger partial charge on any atom is 0.120 e. The van der Waals surface area contributed by atoms with Crippen LogP contribution >= 0.6 is 0 Å². The quantitative estimate of drug-likeness (QED) is 0.522. The molecule has 0 amide bonds. The molecule has 5 nitrogen and oxygen atoms in total. The molecule has 0 radical (unpaired) electrons. The smallest absolute Gasteiger partial charge is 0.120 e. The van der Waals surface area contributed by atoms with Crippen LogP contribution in [0.1, 0.15) is 68.7 Å². The molecule has 0 saturated carbocycles. The van der Waals surface area contributed by atoms with Crippen LogP contribution in [0.4, 0.5) is 0 Å². The van der Waals surface area contributed by atoms with Gasteiger partial charge in [0, 0.05) is 18.0 Å². The first-order valence-electron chi connectivity index (χ1n) is 10.2. The SMILES string of the molecule is CCC(O)(CC)CC/C=C(\C)c1cncc(COc2ccc(CO)c(CO)c2)c1. The van der Waals surface area contributed by atoms with Gasteiger partial charge in [-0.2, -0.15) is 0 Å². The molecule has 0 bridgehead atoms. The largest absolute Gasteiger partial charge is 0.489 e. The predicted molar refractivity (Wildman–Crippen MR) is 115 cm³/mol. The van der Waals surface area contributed by atoms with Crippen molar-refractivity contribution in [1.82, 2.24) is 4.98 Å². The fourth-order valence-electron chi connectivity index (χ4n) is 3.22. The zero-order valence-corrected chi connectivity index (χ0v) is 17.7. The minimum atomic E-state index is -0.580. The molecular formula is C24H33NO4. The fourth-order valence-corrected chi connectivity index (χ4v) is 3.22. The molecule has 3 N–H and O–H groups in total. The normalized spacial score (nSPS) is 12.3. The molecule has 1 heterocycles. The molecule has 0 aliphatic carbocycles. The van der Waals surface area contributed by atoms with Crippen LogP contribution in [0.3, 0.4) is 0 Å². The first-order valence-corrected chi connectivity index (χ1v) is 10.2. The molecule has 1 aromatic heterocycles. The van der Waals surface area contributed by atoms with Crippen molar-refractivity contribution in [1.29, 1.82) is 0 Å². The highest BCUT2D eigenvalue weighted by Gasteiger charge is 2.20. The highest BCUT2D eigenvalue weighted by atomic mass is 16.5. The number of allylic oxidation sites excluding steroid dienone is 2. The number of aliphatic hydroxyl groups is 3. The van der Waals surface area contributed by atoms with Crippen molar-refractivity contribution >= 4 is 5.57 Å². The Morgan fingerprint density at radius 2 is 1.79 bits per heavy atom. The van der Waals surface area contributed by atoms with Gasteiger partial charge in [0.25, 0.3) is 0 Å². The second-order valence-electron chi connectivity index (χ2n) is 7.47. The number of pyridine rings is 1. The monoisotopic (exact) mass is 399 g/mol. The number of hydrogen-bond donors (Lipinski definition) is 3. The van der Waals surface area contributed by atoms with E-state index in [1.165, 1.54) is 0 Å². The summed E-state index contributed by atoms with van der Waals surface area (Å²) in [4.78, 5) is 4.33. The van der Waals surface area contributed by atoms with Crippen molar-refractivity contribution in [2.45, 2.75) is 71.9 Å². The van der Waals surface area contributed by atoms with Gasteiger partial charge in [0.15, 0.2) is 0 Å². The third kappa shape index (κ3) is 6.67. The molecule has 0 fully saturated rings. The molecule has 0 spiro atoms. The maximum atomic E-state index is 10.4. The van der Waals surface area contributed by atoms with Crippen molar-refractivity contribution in [2.75, 3.05) is 0 Å². The van der Waals surface area contributed by atoms with Gasteiger partial charge in [-0.3, -0.25) is 4.98 Å². The summed E-state index contributed by atoms with van der Waals surface area (Å²) < 4.78 is 5.84. The number of rotatable bonds is 11. The standard InChI is InChI=1S/C24H33NO4/c1-4-24(28,5-2)10-6-7-18(3)21-11-19(13-25-14-21)17-29-23-9-8-20(15-26)22(12-23)16-27/h7-9,11-14,26-28H,4-6,10,15-17H2,1-3H3/b18-7+. The Bertz CT molecular complexity index is 812. The number of hydrogen-bond acceptors (Lipinski definition) is 5.